The van der Waals surface area contributed by atoms with Gasteiger partial charge in [-0.1, -0.05) is 24.6 Å². The van der Waals surface area contributed by atoms with Gasteiger partial charge in [0.05, 0.1) is 0 Å². The van der Waals surface area contributed by atoms with Crippen molar-refractivity contribution >= 4 is 0 Å². The Morgan fingerprint density at radius 1 is 1.50 bits per heavy atom. The van der Waals surface area contributed by atoms with Crippen LogP contribution in [0.1, 0.15) is 33.1 Å². The van der Waals surface area contributed by atoms with Gasteiger partial charge in [0.2, 0.25) is 0 Å². The topological polar surface area (TPSA) is 0 Å². The fraction of sp³-hybridized carbons (Fsp3) is 0.538. The Hall–Kier alpha value is -0.850. The van der Waals surface area contributed by atoms with E-state index in [1.807, 2.05) is 13.8 Å². The fourth-order valence-electron chi connectivity index (χ4n) is 2.13. The Bertz CT molecular complexity index is 329. The Kier molecular flexibility index (Phi) is 2.34. The first-order valence-corrected chi connectivity index (χ1v) is 5.35. The molecular weight excluding hydrogens is 175 g/mol. The van der Waals surface area contributed by atoms with Crippen molar-refractivity contribution in [3.8, 4) is 0 Å². The molecule has 1 heteroatoms. The first-order valence-electron chi connectivity index (χ1n) is 5.35. The SMILES string of the molecule is C=C(C)C1=C(C2CC2)CC(C)C(F)=C1. The van der Waals surface area contributed by atoms with E-state index >= 15 is 0 Å². The lowest BCUT2D eigenvalue weighted by atomic mass is 9.85. The summed E-state index contributed by atoms with van der Waals surface area (Å²) in [7, 11) is 0. The number of halogens is 1. The standard InChI is InChI=1S/C13H17F/c1-8(2)11-7-13(14)9(3)6-12(11)10-4-5-10/h7,9-10H,1,4-6H2,2-3H3. The van der Waals surface area contributed by atoms with E-state index in [0.29, 0.717) is 0 Å². The predicted octanol–water partition coefficient (Wildman–Crippen LogP) is 4.16. The van der Waals surface area contributed by atoms with Crippen LogP contribution in [0, 0.1) is 11.8 Å². The highest BCUT2D eigenvalue weighted by atomic mass is 19.1. The largest absolute Gasteiger partial charge is 0.211 e. The van der Waals surface area contributed by atoms with Crippen molar-refractivity contribution in [2.75, 3.05) is 0 Å². The quantitative estimate of drug-likeness (QED) is 0.616. The molecule has 0 aromatic rings. The van der Waals surface area contributed by atoms with E-state index in [4.69, 9.17) is 0 Å². The van der Waals surface area contributed by atoms with Gasteiger partial charge in [-0.3, -0.25) is 0 Å². The van der Waals surface area contributed by atoms with Gasteiger partial charge in [0.15, 0.2) is 0 Å². The van der Waals surface area contributed by atoms with Crippen LogP contribution in [-0.2, 0) is 0 Å². The van der Waals surface area contributed by atoms with Gasteiger partial charge in [-0.2, -0.15) is 0 Å². The molecule has 0 spiro atoms. The molecule has 0 saturated heterocycles. The molecule has 0 aromatic heterocycles. The van der Waals surface area contributed by atoms with Gasteiger partial charge in [0.25, 0.3) is 0 Å². The highest BCUT2D eigenvalue weighted by Gasteiger charge is 2.32. The molecule has 0 nitrogen and oxygen atoms in total. The molecule has 0 amide bonds. The van der Waals surface area contributed by atoms with Gasteiger partial charge >= 0.3 is 0 Å². The molecule has 0 N–H and O–H groups in total. The van der Waals surface area contributed by atoms with Crippen LogP contribution < -0.4 is 0 Å². The molecule has 0 radical (unpaired) electrons. The van der Waals surface area contributed by atoms with Crippen molar-refractivity contribution in [3.05, 3.63) is 35.2 Å². The molecule has 0 aliphatic heterocycles. The lowest BCUT2D eigenvalue weighted by Gasteiger charge is -2.22. The molecule has 0 heterocycles. The van der Waals surface area contributed by atoms with E-state index < -0.39 is 0 Å². The third-order valence-electron chi connectivity index (χ3n) is 3.15. The maximum Gasteiger partial charge on any atom is 0.104 e. The van der Waals surface area contributed by atoms with Gasteiger partial charge in [0.1, 0.15) is 5.83 Å². The van der Waals surface area contributed by atoms with Crippen molar-refractivity contribution < 1.29 is 4.39 Å². The number of hydrogen-bond donors (Lipinski definition) is 0. The molecule has 2 aliphatic rings. The summed E-state index contributed by atoms with van der Waals surface area (Å²) in [6.45, 7) is 7.86. The second-order valence-electron chi connectivity index (χ2n) is 4.63. The molecule has 1 atom stereocenters. The molecule has 0 bridgehead atoms. The Balaban J connectivity index is 2.36. The van der Waals surface area contributed by atoms with Crippen molar-refractivity contribution in [2.24, 2.45) is 11.8 Å². The zero-order valence-corrected chi connectivity index (χ0v) is 8.94. The highest BCUT2D eigenvalue weighted by molar-refractivity contribution is 5.46. The molecule has 76 valence electrons. The molecular formula is C13H17F. The fourth-order valence-corrected chi connectivity index (χ4v) is 2.13. The molecule has 14 heavy (non-hydrogen) atoms. The maximum absolute atomic E-state index is 13.4. The molecule has 1 fully saturated rings. The third-order valence-corrected chi connectivity index (χ3v) is 3.15. The summed E-state index contributed by atoms with van der Waals surface area (Å²) in [6, 6.07) is 0. The summed E-state index contributed by atoms with van der Waals surface area (Å²) in [5.74, 6) is 0.828. The van der Waals surface area contributed by atoms with E-state index in [2.05, 4.69) is 6.58 Å². The minimum Gasteiger partial charge on any atom is -0.211 e. The Labute approximate surface area is 85.2 Å². The highest BCUT2D eigenvalue weighted by Crippen LogP contribution is 2.45. The van der Waals surface area contributed by atoms with E-state index in [1.54, 1.807) is 6.08 Å². The van der Waals surface area contributed by atoms with Crippen LogP contribution in [0.25, 0.3) is 0 Å². The number of allylic oxidation sites excluding steroid dienone is 5. The molecule has 2 rings (SSSR count). The van der Waals surface area contributed by atoms with E-state index in [-0.39, 0.29) is 11.7 Å². The summed E-state index contributed by atoms with van der Waals surface area (Å²) in [6.07, 6.45) is 5.17. The maximum atomic E-state index is 13.4. The van der Waals surface area contributed by atoms with Gasteiger partial charge < -0.3 is 0 Å². The summed E-state index contributed by atoms with van der Waals surface area (Å²) >= 11 is 0. The second-order valence-corrected chi connectivity index (χ2v) is 4.63. The van der Waals surface area contributed by atoms with Gasteiger partial charge in [-0.15, -0.1) is 0 Å². The molecule has 1 saturated carbocycles. The first-order chi connectivity index (χ1) is 6.59. The Morgan fingerprint density at radius 2 is 2.14 bits per heavy atom. The van der Waals surface area contributed by atoms with Crippen LogP contribution in [0.3, 0.4) is 0 Å². The summed E-state index contributed by atoms with van der Waals surface area (Å²) in [5.41, 5.74) is 3.54. The van der Waals surface area contributed by atoms with Gasteiger partial charge in [-0.05, 0) is 43.8 Å². The summed E-state index contributed by atoms with van der Waals surface area (Å²) in [4.78, 5) is 0. The lowest BCUT2D eigenvalue weighted by molar-refractivity contribution is 0.473. The van der Waals surface area contributed by atoms with E-state index in [9.17, 15) is 4.39 Å². The van der Waals surface area contributed by atoms with Crippen molar-refractivity contribution in [1.29, 1.82) is 0 Å². The molecule has 1 unspecified atom stereocenters. The van der Waals surface area contributed by atoms with Crippen molar-refractivity contribution in [3.63, 3.8) is 0 Å². The number of hydrogen-bond acceptors (Lipinski definition) is 0. The smallest absolute Gasteiger partial charge is 0.104 e. The van der Waals surface area contributed by atoms with Crippen LogP contribution in [0.15, 0.2) is 35.2 Å². The second kappa shape index (κ2) is 3.38. The third kappa shape index (κ3) is 1.68. The van der Waals surface area contributed by atoms with Crippen LogP contribution in [0.5, 0.6) is 0 Å². The minimum absolute atomic E-state index is 0.0207. The van der Waals surface area contributed by atoms with Crippen LogP contribution in [0.2, 0.25) is 0 Å². The monoisotopic (exact) mass is 192 g/mol. The van der Waals surface area contributed by atoms with Crippen LogP contribution in [-0.4, -0.2) is 0 Å². The number of rotatable bonds is 2. The van der Waals surface area contributed by atoms with Crippen LogP contribution >= 0.6 is 0 Å². The van der Waals surface area contributed by atoms with E-state index in [0.717, 1.165) is 23.5 Å². The van der Waals surface area contributed by atoms with Gasteiger partial charge in [-0.25, -0.2) is 4.39 Å². The van der Waals surface area contributed by atoms with Crippen LogP contribution in [0.4, 0.5) is 4.39 Å². The Morgan fingerprint density at radius 3 is 2.64 bits per heavy atom. The zero-order valence-electron chi connectivity index (χ0n) is 8.94. The average Bonchev–Trinajstić information content (AvgIpc) is 2.91. The van der Waals surface area contributed by atoms with E-state index in [1.165, 1.54) is 18.4 Å². The average molecular weight is 192 g/mol. The minimum atomic E-state index is 0.0207. The lowest BCUT2D eigenvalue weighted by Crippen LogP contribution is -2.08. The zero-order chi connectivity index (χ0) is 10.3. The molecule has 0 aromatic carbocycles. The van der Waals surface area contributed by atoms with Crippen molar-refractivity contribution in [1.82, 2.24) is 0 Å². The summed E-state index contributed by atoms with van der Waals surface area (Å²) in [5, 5.41) is 0. The molecule has 2 aliphatic carbocycles. The summed E-state index contributed by atoms with van der Waals surface area (Å²) < 4.78 is 13.4. The van der Waals surface area contributed by atoms with Gasteiger partial charge in [0, 0.05) is 5.92 Å². The predicted molar refractivity (Wildman–Crippen MR) is 57.5 cm³/mol. The first kappa shape index (κ1) is 9.70. The van der Waals surface area contributed by atoms with Crippen molar-refractivity contribution in [2.45, 2.75) is 33.1 Å². The normalized spacial score (nSPS) is 27.6.